The number of carbonyl (C=O) groups is 1. The van der Waals surface area contributed by atoms with E-state index in [4.69, 9.17) is 0 Å². The molecule has 2 aromatic rings. The number of nitrogens with two attached hydrogens (primary N) is 1. The fraction of sp³-hybridized carbons (Fsp3) is 0.409. The first kappa shape index (κ1) is 21.5. The number of sulfonamides is 1. The van der Waals surface area contributed by atoms with Gasteiger partial charge in [-0.1, -0.05) is 42.8 Å². The molecule has 1 aliphatic heterocycles. The number of quaternary nitrogens is 1. The van der Waals surface area contributed by atoms with E-state index in [0.29, 0.717) is 24.3 Å². The first-order valence-electron chi connectivity index (χ1n) is 10.2. The number of benzene rings is 2. The maximum atomic E-state index is 13.0. The van der Waals surface area contributed by atoms with Gasteiger partial charge in [0.15, 0.2) is 6.54 Å². The number of piperidine rings is 1. The van der Waals surface area contributed by atoms with Crippen molar-refractivity contribution in [1.82, 2.24) is 4.31 Å². The molecule has 7 heteroatoms. The van der Waals surface area contributed by atoms with Crippen molar-refractivity contribution < 1.29 is 18.5 Å². The van der Waals surface area contributed by atoms with E-state index < -0.39 is 10.0 Å². The summed E-state index contributed by atoms with van der Waals surface area (Å²) in [5, 5.41) is 4.80. The lowest BCUT2D eigenvalue weighted by Crippen LogP contribution is -2.86. The molecule has 0 radical (unpaired) electrons. The van der Waals surface area contributed by atoms with Gasteiger partial charge in [-0.25, -0.2) is 8.42 Å². The van der Waals surface area contributed by atoms with Gasteiger partial charge in [0.2, 0.25) is 10.0 Å². The molecule has 1 saturated heterocycles. The summed E-state index contributed by atoms with van der Waals surface area (Å²) in [6, 6.07) is 15.3. The van der Waals surface area contributed by atoms with Gasteiger partial charge in [0.25, 0.3) is 5.91 Å². The Labute approximate surface area is 173 Å². The second kappa shape index (κ2) is 9.52. The van der Waals surface area contributed by atoms with E-state index in [1.54, 1.807) is 29.4 Å². The van der Waals surface area contributed by atoms with Crippen LogP contribution in [0.3, 0.4) is 0 Å². The summed E-state index contributed by atoms with van der Waals surface area (Å²) in [6.07, 6.45) is 2.85. The van der Waals surface area contributed by atoms with E-state index in [-0.39, 0.29) is 23.4 Å². The monoisotopic (exact) mass is 416 g/mol. The van der Waals surface area contributed by atoms with Crippen LogP contribution in [0.5, 0.6) is 0 Å². The molecule has 0 bridgehead atoms. The van der Waals surface area contributed by atoms with Crippen LogP contribution >= 0.6 is 0 Å². The Morgan fingerprint density at radius 2 is 1.79 bits per heavy atom. The summed E-state index contributed by atoms with van der Waals surface area (Å²) in [7, 11) is -3.54. The van der Waals surface area contributed by atoms with Crippen LogP contribution in [0.4, 0.5) is 5.69 Å². The number of aryl methyl sites for hydroxylation is 1. The van der Waals surface area contributed by atoms with Gasteiger partial charge < -0.3 is 10.6 Å². The zero-order valence-corrected chi connectivity index (χ0v) is 17.9. The fourth-order valence-corrected chi connectivity index (χ4v) is 5.36. The maximum absolute atomic E-state index is 13.0. The summed E-state index contributed by atoms with van der Waals surface area (Å²) in [5.41, 5.74) is 2.36. The van der Waals surface area contributed by atoms with Crippen LogP contribution < -0.4 is 10.6 Å². The van der Waals surface area contributed by atoms with Crippen molar-refractivity contribution in [2.24, 2.45) is 0 Å². The fourth-order valence-electron chi connectivity index (χ4n) is 3.59. The van der Waals surface area contributed by atoms with Gasteiger partial charge in [-0.15, -0.1) is 0 Å². The summed E-state index contributed by atoms with van der Waals surface area (Å²) < 4.78 is 27.6. The van der Waals surface area contributed by atoms with Crippen molar-refractivity contribution >= 4 is 21.6 Å². The molecule has 3 rings (SSSR count). The van der Waals surface area contributed by atoms with E-state index in [9.17, 15) is 13.2 Å². The van der Waals surface area contributed by atoms with Crippen LogP contribution in [0.25, 0.3) is 0 Å². The third-order valence-electron chi connectivity index (χ3n) is 5.39. The molecule has 6 nitrogen and oxygen atoms in total. The van der Waals surface area contributed by atoms with Gasteiger partial charge in [0, 0.05) is 24.3 Å². The molecule has 1 atom stereocenters. The van der Waals surface area contributed by atoms with Gasteiger partial charge in [0.1, 0.15) is 6.04 Å². The van der Waals surface area contributed by atoms with Gasteiger partial charge in [-0.2, -0.15) is 4.31 Å². The Hall–Kier alpha value is -2.22. The Balaban J connectivity index is 1.65. The summed E-state index contributed by atoms with van der Waals surface area (Å²) in [4.78, 5) is 12.7. The topological polar surface area (TPSA) is 83.1 Å². The minimum Gasteiger partial charge on any atom is -0.333 e. The highest BCUT2D eigenvalue weighted by Gasteiger charge is 2.27. The quantitative estimate of drug-likeness (QED) is 0.727. The third-order valence-corrected chi connectivity index (χ3v) is 7.43. The first-order valence-corrected chi connectivity index (χ1v) is 11.6. The lowest BCUT2D eigenvalue weighted by Gasteiger charge is -2.26. The number of anilines is 1. The van der Waals surface area contributed by atoms with Crippen LogP contribution in [0.15, 0.2) is 53.4 Å². The van der Waals surface area contributed by atoms with Crippen molar-refractivity contribution in [2.75, 3.05) is 25.0 Å². The van der Waals surface area contributed by atoms with E-state index >= 15 is 0 Å². The molecule has 3 N–H and O–H groups in total. The number of hydrogen-bond donors (Lipinski definition) is 2. The molecular formula is C22H30N3O3S+. The summed E-state index contributed by atoms with van der Waals surface area (Å²) >= 11 is 0. The van der Waals surface area contributed by atoms with Crippen LogP contribution in [0.1, 0.15) is 43.4 Å². The molecule has 0 unspecified atom stereocenters. The largest absolute Gasteiger partial charge is 0.333 e. The van der Waals surface area contributed by atoms with Gasteiger partial charge in [0.05, 0.1) is 4.90 Å². The third kappa shape index (κ3) is 5.44. The summed E-state index contributed by atoms with van der Waals surface area (Å²) in [5.74, 6) is -0.155. The first-order chi connectivity index (χ1) is 13.9. The maximum Gasteiger partial charge on any atom is 0.279 e. The zero-order valence-electron chi connectivity index (χ0n) is 17.1. The van der Waals surface area contributed by atoms with Crippen molar-refractivity contribution in [2.45, 2.75) is 44.0 Å². The van der Waals surface area contributed by atoms with Crippen molar-refractivity contribution in [3.63, 3.8) is 0 Å². The van der Waals surface area contributed by atoms with Crippen LogP contribution in [-0.4, -0.2) is 38.3 Å². The van der Waals surface area contributed by atoms with Crippen LogP contribution in [0, 0.1) is 6.92 Å². The minimum absolute atomic E-state index is 0.155. The molecule has 0 spiro atoms. The number of rotatable bonds is 7. The number of hydrogen-bond acceptors (Lipinski definition) is 3. The number of nitrogens with one attached hydrogen (secondary N) is 1. The second-order valence-electron chi connectivity index (χ2n) is 7.63. The Morgan fingerprint density at radius 3 is 2.48 bits per heavy atom. The highest BCUT2D eigenvalue weighted by molar-refractivity contribution is 7.89. The predicted molar refractivity (Wildman–Crippen MR) is 114 cm³/mol. The lowest BCUT2D eigenvalue weighted by molar-refractivity contribution is -0.682. The standard InChI is InChI=1S/C22H29N3O3S/c1-17-11-12-20(15-21(17)29(27,28)25-13-7-4-8-14-25)24-22(26)16-23-18(2)19-9-5-3-6-10-19/h3,5-6,9-12,15,18,23H,4,7-8,13-14,16H2,1-2H3,(H,24,26)/p+1/t18-/m0/s1. The molecule has 1 amide bonds. The van der Waals surface area contributed by atoms with Crippen molar-refractivity contribution in [1.29, 1.82) is 0 Å². The van der Waals surface area contributed by atoms with E-state index in [1.165, 1.54) is 0 Å². The molecule has 29 heavy (non-hydrogen) atoms. The molecule has 156 valence electrons. The number of carbonyl (C=O) groups excluding carboxylic acids is 1. The zero-order chi connectivity index (χ0) is 20.9. The molecular weight excluding hydrogens is 386 g/mol. The Morgan fingerprint density at radius 1 is 1.10 bits per heavy atom. The molecule has 1 fully saturated rings. The van der Waals surface area contributed by atoms with Crippen LogP contribution in [-0.2, 0) is 14.8 Å². The normalized spacial score (nSPS) is 16.3. The highest BCUT2D eigenvalue weighted by Crippen LogP contribution is 2.26. The average Bonchev–Trinajstić information content (AvgIpc) is 2.74. The molecule has 0 aliphatic carbocycles. The molecule has 0 saturated carbocycles. The minimum atomic E-state index is -3.54. The SMILES string of the molecule is Cc1ccc(NC(=O)C[NH2+][C@@H](C)c2ccccc2)cc1S(=O)(=O)N1CCCCC1. The molecule has 2 aromatic carbocycles. The average molecular weight is 417 g/mol. The second-order valence-corrected chi connectivity index (χ2v) is 9.54. The molecule has 1 heterocycles. The van der Waals surface area contributed by atoms with Gasteiger partial charge in [-0.3, -0.25) is 4.79 Å². The van der Waals surface area contributed by atoms with Crippen molar-refractivity contribution in [3.8, 4) is 0 Å². The van der Waals surface area contributed by atoms with Crippen LogP contribution in [0.2, 0.25) is 0 Å². The van der Waals surface area contributed by atoms with Crippen molar-refractivity contribution in [3.05, 3.63) is 59.7 Å². The summed E-state index contributed by atoms with van der Waals surface area (Å²) in [6.45, 7) is 5.23. The lowest BCUT2D eigenvalue weighted by atomic mass is 10.1. The molecule has 1 aliphatic rings. The van der Waals surface area contributed by atoms with E-state index in [2.05, 4.69) is 12.2 Å². The Bertz CT molecular complexity index is 939. The van der Waals surface area contributed by atoms with E-state index in [1.807, 2.05) is 35.6 Å². The highest BCUT2D eigenvalue weighted by atomic mass is 32.2. The molecule has 0 aromatic heterocycles. The smallest absolute Gasteiger partial charge is 0.279 e. The van der Waals surface area contributed by atoms with Gasteiger partial charge >= 0.3 is 0 Å². The van der Waals surface area contributed by atoms with E-state index in [0.717, 1.165) is 24.8 Å². The van der Waals surface area contributed by atoms with Gasteiger partial charge in [-0.05, 0) is 44.4 Å². The number of nitrogens with zero attached hydrogens (tertiary/aromatic N) is 1. The number of amides is 1. The predicted octanol–water partition coefficient (Wildman–Crippen LogP) is 2.43. The Kier molecular flexibility index (Phi) is 7.05.